The second kappa shape index (κ2) is 9.35. The lowest BCUT2D eigenvalue weighted by molar-refractivity contribution is -0.139. The van der Waals surface area contributed by atoms with Crippen LogP contribution in [0.2, 0.25) is 0 Å². The smallest absolute Gasteiger partial charge is 0.227 e. The summed E-state index contributed by atoms with van der Waals surface area (Å²) >= 11 is 1.46. The number of anilines is 1. The van der Waals surface area contributed by atoms with Gasteiger partial charge in [-0.05, 0) is 19.8 Å². The van der Waals surface area contributed by atoms with E-state index in [1.54, 1.807) is 0 Å². The van der Waals surface area contributed by atoms with E-state index in [0.717, 1.165) is 69.2 Å². The molecule has 2 aliphatic rings. The highest BCUT2D eigenvalue weighted by Crippen LogP contribution is 2.33. The maximum absolute atomic E-state index is 12.9. The molecular formula is C16H29Cl2N5OS. The Labute approximate surface area is 166 Å². The zero-order valence-electron chi connectivity index (χ0n) is 14.9. The summed E-state index contributed by atoms with van der Waals surface area (Å²) in [6.45, 7) is 7.28. The third-order valence-electron chi connectivity index (χ3n) is 5.19. The van der Waals surface area contributed by atoms with Crippen molar-refractivity contribution in [1.29, 1.82) is 0 Å². The number of aryl methyl sites for hydroxylation is 1. The number of aromatic nitrogens is 2. The Morgan fingerprint density at radius 3 is 2.52 bits per heavy atom. The van der Waals surface area contributed by atoms with Crippen LogP contribution >= 0.6 is 36.3 Å². The number of hydrogen-bond acceptors (Lipinski definition) is 6. The first kappa shape index (κ1) is 22.4. The van der Waals surface area contributed by atoms with Crippen molar-refractivity contribution in [3.8, 4) is 0 Å². The highest BCUT2D eigenvalue weighted by molar-refractivity contribution is 7.09. The summed E-state index contributed by atoms with van der Waals surface area (Å²) in [5.41, 5.74) is 6.05. The van der Waals surface area contributed by atoms with Crippen LogP contribution in [0.4, 0.5) is 5.13 Å². The summed E-state index contributed by atoms with van der Waals surface area (Å²) in [7, 11) is 0. The van der Waals surface area contributed by atoms with E-state index in [9.17, 15) is 4.79 Å². The van der Waals surface area contributed by atoms with Crippen molar-refractivity contribution >= 4 is 47.4 Å². The van der Waals surface area contributed by atoms with E-state index >= 15 is 0 Å². The van der Waals surface area contributed by atoms with Crippen LogP contribution in [-0.2, 0) is 11.2 Å². The van der Waals surface area contributed by atoms with Crippen molar-refractivity contribution in [3.63, 3.8) is 0 Å². The number of carbonyl (C=O) groups excluding carboxylic acids is 1. The zero-order chi connectivity index (χ0) is 16.4. The minimum absolute atomic E-state index is 0. The van der Waals surface area contributed by atoms with E-state index in [1.165, 1.54) is 11.5 Å². The van der Waals surface area contributed by atoms with E-state index in [-0.39, 0.29) is 42.2 Å². The lowest BCUT2D eigenvalue weighted by Gasteiger charge is -2.42. The maximum atomic E-state index is 12.9. The number of nitrogens with two attached hydrogens (primary N) is 1. The van der Waals surface area contributed by atoms with Gasteiger partial charge in [-0.25, -0.2) is 4.98 Å². The molecule has 0 aromatic carbocycles. The van der Waals surface area contributed by atoms with Crippen LogP contribution in [0.1, 0.15) is 45.4 Å². The molecule has 144 valence electrons. The molecule has 25 heavy (non-hydrogen) atoms. The molecule has 1 saturated carbocycles. The Morgan fingerprint density at radius 1 is 1.28 bits per heavy atom. The lowest BCUT2D eigenvalue weighted by atomic mass is 9.74. The number of carbonyl (C=O) groups is 1. The number of hydrogen-bond donors (Lipinski definition) is 1. The molecule has 2 atom stereocenters. The van der Waals surface area contributed by atoms with E-state index in [0.29, 0.717) is 0 Å². The van der Waals surface area contributed by atoms with Gasteiger partial charge in [-0.2, -0.15) is 4.37 Å². The summed E-state index contributed by atoms with van der Waals surface area (Å²) in [5, 5.41) is 0.982. The molecule has 2 heterocycles. The van der Waals surface area contributed by atoms with Crippen LogP contribution in [0.25, 0.3) is 0 Å². The fraction of sp³-hybridized carbons (Fsp3) is 0.812. The first-order valence-electron chi connectivity index (χ1n) is 8.66. The Balaban J connectivity index is 0.00000156. The van der Waals surface area contributed by atoms with E-state index in [1.807, 2.05) is 11.8 Å². The fourth-order valence-electron chi connectivity index (χ4n) is 3.62. The van der Waals surface area contributed by atoms with Crippen LogP contribution in [0.3, 0.4) is 0 Å². The normalized spacial score (nSPS) is 26.6. The largest absolute Gasteiger partial charge is 0.343 e. The third kappa shape index (κ3) is 4.96. The average molecular weight is 410 g/mol. The monoisotopic (exact) mass is 409 g/mol. The van der Waals surface area contributed by atoms with Crippen LogP contribution in [-0.4, -0.2) is 51.9 Å². The van der Waals surface area contributed by atoms with Crippen molar-refractivity contribution < 1.29 is 4.79 Å². The molecule has 1 aliphatic heterocycles. The number of halogens is 2. The number of amides is 1. The molecule has 6 nitrogen and oxygen atoms in total. The number of rotatable bonds is 3. The second-order valence-electron chi connectivity index (χ2n) is 6.96. The summed E-state index contributed by atoms with van der Waals surface area (Å²) in [4.78, 5) is 21.6. The molecule has 2 unspecified atom stereocenters. The third-order valence-corrected chi connectivity index (χ3v) is 6.00. The Hall–Kier alpha value is -0.630. The molecule has 0 radical (unpaired) electrons. The number of nitrogens with zero attached hydrogens (tertiary/aromatic N) is 4. The molecule has 1 aromatic heterocycles. The highest BCUT2D eigenvalue weighted by atomic mass is 35.5. The molecule has 0 spiro atoms. The first-order valence-corrected chi connectivity index (χ1v) is 9.44. The first-order chi connectivity index (χ1) is 11.0. The molecule has 1 aliphatic carbocycles. The van der Waals surface area contributed by atoms with Gasteiger partial charge >= 0.3 is 0 Å². The highest BCUT2D eigenvalue weighted by Gasteiger charge is 2.40. The fourth-order valence-corrected chi connectivity index (χ4v) is 4.42. The van der Waals surface area contributed by atoms with Gasteiger partial charge in [0.15, 0.2) is 0 Å². The van der Waals surface area contributed by atoms with Gasteiger partial charge in [0, 0.05) is 49.7 Å². The predicted octanol–water partition coefficient (Wildman–Crippen LogP) is 2.50. The zero-order valence-corrected chi connectivity index (χ0v) is 17.4. The molecule has 1 saturated heterocycles. The molecule has 3 rings (SSSR count). The van der Waals surface area contributed by atoms with E-state index in [4.69, 9.17) is 5.73 Å². The van der Waals surface area contributed by atoms with Gasteiger partial charge in [0.25, 0.3) is 0 Å². The van der Waals surface area contributed by atoms with Crippen LogP contribution in [0.15, 0.2) is 0 Å². The molecule has 1 aromatic rings. The summed E-state index contributed by atoms with van der Waals surface area (Å²) in [5.74, 6) is 1.14. The lowest BCUT2D eigenvalue weighted by Crippen LogP contribution is -2.57. The van der Waals surface area contributed by atoms with E-state index < -0.39 is 0 Å². The molecular weight excluding hydrogens is 381 g/mol. The average Bonchev–Trinajstić information content (AvgIpc) is 3.03. The molecule has 9 heteroatoms. The Kier molecular flexibility index (Phi) is 8.38. The molecule has 2 N–H and O–H groups in total. The Bertz CT molecular complexity index is 560. The van der Waals surface area contributed by atoms with Gasteiger partial charge in [0.2, 0.25) is 11.0 Å². The quantitative estimate of drug-likeness (QED) is 0.829. The second-order valence-corrected chi connectivity index (χ2v) is 7.69. The van der Waals surface area contributed by atoms with Gasteiger partial charge in [-0.3, -0.25) is 4.79 Å². The SMILES string of the molecule is CCc1nsc(N2CCN(C(=O)C3CCCCC3(C)N)CC2)n1.Cl.Cl. The van der Waals surface area contributed by atoms with Crippen LogP contribution in [0, 0.1) is 5.92 Å². The maximum Gasteiger partial charge on any atom is 0.227 e. The molecule has 2 fully saturated rings. The van der Waals surface area contributed by atoms with Crippen molar-refractivity contribution in [2.24, 2.45) is 11.7 Å². The van der Waals surface area contributed by atoms with Crippen molar-refractivity contribution in [2.75, 3.05) is 31.1 Å². The Morgan fingerprint density at radius 2 is 1.96 bits per heavy atom. The topological polar surface area (TPSA) is 75.4 Å². The predicted molar refractivity (Wildman–Crippen MR) is 107 cm³/mol. The summed E-state index contributed by atoms with van der Waals surface area (Å²) in [6, 6.07) is 0. The summed E-state index contributed by atoms with van der Waals surface area (Å²) in [6.07, 6.45) is 5.01. The molecule has 1 amide bonds. The number of piperazine rings is 1. The van der Waals surface area contributed by atoms with Crippen molar-refractivity contribution in [1.82, 2.24) is 14.3 Å². The van der Waals surface area contributed by atoms with Gasteiger partial charge < -0.3 is 15.5 Å². The van der Waals surface area contributed by atoms with Crippen molar-refractivity contribution in [2.45, 2.75) is 51.5 Å². The minimum atomic E-state index is -0.346. The van der Waals surface area contributed by atoms with E-state index in [2.05, 4.69) is 21.2 Å². The standard InChI is InChI=1S/C16H27N5OS.2ClH/c1-3-13-18-15(23-19-13)21-10-8-20(9-11-21)14(22)12-6-4-5-7-16(12,2)17;;/h12H,3-11,17H2,1-2H3;2*1H. The van der Waals surface area contributed by atoms with Crippen LogP contribution in [0.5, 0.6) is 0 Å². The van der Waals surface area contributed by atoms with Gasteiger partial charge in [0.05, 0.1) is 5.92 Å². The summed E-state index contributed by atoms with van der Waals surface area (Å²) < 4.78 is 4.35. The molecule has 0 bridgehead atoms. The van der Waals surface area contributed by atoms with Gasteiger partial charge in [0.1, 0.15) is 5.82 Å². The van der Waals surface area contributed by atoms with Crippen molar-refractivity contribution in [3.05, 3.63) is 5.82 Å². The van der Waals surface area contributed by atoms with Gasteiger partial charge in [-0.1, -0.05) is 19.8 Å². The minimum Gasteiger partial charge on any atom is -0.343 e. The van der Waals surface area contributed by atoms with Crippen LogP contribution < -0.4 is 10.6 Å². The van der Waals surface area contributed by atoms with Gasteiger partial charge in [-0.15, -0.1) is 24.8 Å².